The zero-order chi connectivity index (χ0) is 16.8. The molecule has 1 rings (SSSR count). The van der Waals surface area contributed by atoms with Crippen molar-refractivity contribution < 1.29 is 22.8 Å². The molecular weight excluding hydrogens is 323 g/mol. The predicted octanol–water partition coefficient (Wildman–Crippen LogP) is 1.46. The number of carbonyl (C=O) groups is 2. The summed E-state index contributed by atoms with van der Waals surface area (Å²) in [7, 11) is 0. The molecule has 0 radical (unpaired) electrons. The average molecular weight is 339 g/mol. The number of unbranched alkanes of at least 4 members (excludes halogenated alkanes) is 1. The van der Waals surface area contributed by atoms with E-state index in [-0.39, 0.29) is 18.1 Å². The number of nitrogens with zero attached hydrogens (tertiary/aromatic N) is 3. The number of rotatable bonds is 7. The highest BCUT2D eigenvalue weighted by Gasteiger charge is 2.29. The van der Waals surface area contributed by atoms with Crippen molar-refractivity contribution in [1.29, 1.82) is 0 Å². The summed E-state index contributed by atoms with van der Waals surface area (Å²) in [6.07, 6.45) is -1.42. The van der Waals surface area contributed by atoms with Gasteiger partial charge in [0.1, 0.15) is 6.54 Å². The zero-order valence-electron chi connectivity index (χ0n) is 11.5. The number of halogens is 3. The quantitative estimate of drug-likeness (QED) is 0.519. The van der Waals surface area contributed by atoms with Crippen LogP contribution >= 0.6 is 12.8 Å². The standard InChI is InChI=1S/C11H16F3N5O2S/c12-11(13,14)7-16-10(21)19(22)9-4-6-18(17-9)5-2-1-3-8(15)20/h4,6,22H,1-3,5,7H2,(H2,15,20)(H,16,21). The van der Waals surface area contributed by atoms with E-state index in [0.717, 1.165) is 0 Å². The first kappa shape index (κ1) is 18.1. The van der Waals surface area contributed by atoms with Crippen molar-refractivity contribution in [3.63, 3.8) is 0 Å². The van der Waals surface area contributed by atoms with Crippen molar-refractivity contribution >= 4 is 30.6 Å². The molecule has 0 aliphatic heterocycles. The summed E-state index contributed by atoms with van der Waals surface area (Å²) in [4.78, 5) is 22.0. The summed E-state index contributed by atoms with van der Waals surface area (Å²) in [6, 6.07) is 0.411. The highest BCUT2D eigenvalue weighted by atomic mass is 32.1. The third-order valence-corrected chi connectivity index (χ3v) is 2.92. The second kappa shape index (κ2) is 7.92. The summed E-state index contributed by atoms with van der Waals surface area (Å²) in [5, 5.41) is 5.68. The van der Waals surface area contributed by atoms with E-state index in [2.05, 4.69) is 17.9 Å². The molecule has 0 bridgehead atoms. The Bertz CT molecular complexity index is 520. The predicted molar refractivity (Wildman–Crippen MR) is 76.2 cm³/mol. The van der Waals surface area contributed by atoms with Crippen LogP contribution < -0.4 is 15.4 Å². The lowest BCUT2D eigenvalue weighted by Gasteiger charge is -2.14. The van der Waals surface area contributed by atoms with E-state index in [9.17, 15) is 22.8 Å². The number of primary amides is 1. The van der Waals surface area contributed by atoms with Gasteiger partial charge in [0.25, 0.3) is 0 Å². The summed E-state index contributed by atoms with van der Waals surface area (Å²) in [6.45, 7) is -0.963. The number of alkyl halides is 3. The van der Waals surface area contributed by atoms with Crippen LogP contribution in [-0.4, -0.2) is 34.4 Å². The number of amides is 3. The van der Waals surface area contributed by atoms with Crippen LogP contribution in [0.4, 0.5) is 23.8 Å². The minimum Gasteiger partial charge on any atom is -0.370 e. The Labute approximate surface area is 130 Å². The number of nitrogens with one attached hydrogen (secondary N) is 1. The molecule has 0 spiro atoms. The molecule has 0 saturated heterocycles. The van der Waals surface area contributed by atoms with Crippen LogP contribution in [0.15, 0.2) is 12.3 Å². The maximum absolute atomic E-state index is 12.0. The van der Waals surface area contributed by atoms with Gasteiger partial charge in [-0.1, -0.05) is 12.8 Å². The number of carbonyl (C=O) groups excluding carboxylic acids is 2. The van der Waals surface area contributed by atoms with E-state index in [0.29, 0.717) is 23.7 Å². The topological polar surface area (TPSA) is 93.3 Å². The number of hydrogen-bond acceptors (Lipinski definition) is 4. The molecule has 0 saturated carbocycles. The minimum absolute atomic E-state index is 0.0953. The molecular formula is C11H16F3N5O2S. The Balaban J connectivity index is 2.45. The normalized spacial score (nSPS) is 11.3. The SMILES string of the molecule is NC(=O)CCCCn1ccc(N(S)C(=O)NCC(F)(F)F)n1. The van der Waals surface area contributed by atoms with Gasteiger partial charge in [0, 0.05) is 25.2 Å². The Morgan fingerprint density at radius 1 is 1.41 bits per heavy atom. The lowest BCUT2D eigenvalue weighted by Crippen LogP contribution is -2.40. The fourth-order valence-electron chi connectivity index (χ4n) is 1.52. The molecule has 7 nitrogen and oxygen atoms in total. The fraction of sp³-hybridized carbons (Fsp3) is 0.545. The number of aromatic nitrogens is 2. The van der Waals surface area contributed by atoms with Crippen LogP contribution in [-0.2, 0) is 11.3 Å². The fourth-order valence-corrected chi connectivity index (χ4v) is 1.69. The van der Waals surface area contributed by atoms with E-state index in [1.807, 2.05) is 0 Å². The first-order valence-electron chi connectivity index (χ1n) is 6.34. The summed E-state index contributed by atoms with van der Waals surface area (Å²) in [5.41, 5.74) is 5.01. The van der Waals surface area contributed by atoms with E-state index in [1.165, 1.54) is 10.7 Å². The van der Waals surface area contributed by atoms with Gasteiger partial charge < -0.3 is 11.1 Å². The molecule has 1 aromatic heterocycles. The minimum atomic E-state index is -4.50. The van der Waals surface area contributed by atoms with Crippen molar-refractivity contribution in [2.45, 2.75) is 32.0 Å². The smallest absolute Gasteiger partial charge is 0.370 e. The third kappa shape index (κ3) is 6.70. The molecule has 0 aliphatic carbocycles. The van der Waals surface area contributed by atoms with Crippen molar-refractivity contribution in [2.75, 3.05) is 10.8 Å². The van der Waals surface area contributed by atoms with Crippen LogP contribution in [0.5, 0.6) is 0 Å². The largest absolute Gasteiger partial charge is 0.405 e. The second-order valence-electron chi connectivity index (χ2n) is 4.45. The first-order valence-corrected chi connectivity index (χ1v) is 6.74. The molecule has 11 heteroatoms. The molecule has 22 heavy (non-hydrogen) atoms. The van der Waals surface area contributed by atoms with E-state index in [4.69, 9.17) is 5.73 Å². The molecule has 0 fully saturated rings. The Kier molecular flexibility index (Phi) is 6.53. The van der Waals surface area contributed by atoms with Gasteiger partial charge in [-0.05, 0) is 12.8 Å². The molecule has 0 aliphatic rings. The van der Waals surface area contributed by atoms with Crippen LogP contribution in [0.1, 0.15) is 19.3 Å². The van der Waals surface area contributed by atoms with Gasteiger partial charge in [-0.3, -0.25) is 9.48 Å². The zero-order valence-corrected chi connectivity index (χ0v) is 12.4. The summed E-state index contributed by atoms with van der Waals surface area (Å²) < 4.78 is 38.2. The molecule has 0 unspecified atom stereocenters. The Morgan fingerprint density at radius 3 is 2.68 bits per heavy atom. The van der Waals surface area contributed by atoms with Gasteiger partial charge in [0.05, 0.1) is 0 Å². The number of aryl methyl sites for hydroxylation is 1. The molecule has 0 aromatic carbocycles. The van der Waals surface area contributed by atoms with Crippen LogP contribution in [0.2, 0.25) is 0 Å². The molecule has 3 N–H and O–H groups in total. The number of thiol groups is 1. The van der Waals surface area contributed by atoms with E-state index >= 15 is 0 Å². The van der Waals surface area contributed by atoms with E-state index in [1.54, 1.807) is 11.5 Å². The van der Waals surface area contributed by atoms with Crippen LogP contribution in [0.3, 0.4) is 0 Å². The van der Waals surface area contributed by atoms with Crippen molar-refractivity contribution in [2.24, 2.45) is 5.73 Å². The molecule has 124 valence electrons. The molecule has 1 heterocycles. The third-order valence-electron chi connectivity index (χ3n) is 2.54. The lowest BCUT2D eigenvalue weighted by molar-refractivity contribution is -0.122. The number of anilines is 1. The van der Waals surface area contributed by atoms with Crippen LogP contribution in [0, 0.1) is 0 Å². The second-order valence-corrected chi connectivity index (χ2v) is 4.85. The van der Waals surface area contributed by atoms with Crippen molar-refractivity contribution in [1.82, 2.24) is 15.1 Å². The van der Waals surface area contributed by atoms with Gasteiger partial charge in [0.2, 0.25) is 5.91 Å². The van der Waals surface area contributed by atoms with E-state index < -0.39 is 18.8 Å². The van der Waals surface area contributed by atoms with Gasteiger partial charge in [0.15, 0.2) is 5.82 Å². The lowest BCUT2D eigenvalue weighted by atomic mass is 10.2. The van der Waals surface area contributed by atoms with Crippen LogP contribution in [0.25, 0.3) is 0 Å². The number of nitrogens with two attached hydrogens (primary N) is 1. The molecule has 0 atom stereocenters. The Hall–Kier alpha value is -1.91. The average Bonchev–Trinajstić information content (AvgIpc) is 2.88. The monoisotopic (exact) mass is 339 g/mol. The van der Waals surface area contributed by atoms with Gasteiger partial charge in [-0.25, -0.2) is 9.10 Å². The number of urea groups is 1. The van der Waals surface area contributed by atoms with Crippen molar-refractivity contribution in [3.8, 4) is 0 Å². The number of hydrogen-bond donors (Lipinski definition) is 3. The summed E-state index contributed by atoms with van der Waals surface area (Å²) >= 11 is 3.81. The highest BCUT2D eigenvalue weighted by molar-refractivity contribution is 7.82. The van der Waals surface area contributed by atoms with Gasteiger partial charge >= 0.3 is 12.2 Å². The first-order chi connectivity index (χ1) is 10.2. The maximum Gasteiger partial charge on any atom is 0.405 e. The van der Waals surface area contributed by atoms with Gasteiger partial charge in [-0.15, -0.1) is 0 Å². The summed E-state index contributed by atoms with van der Waals surface area (Å²) in [5.74, 6) is -0.290. The Morgan fingerprint density at radius 2 is 2.09 bits per heavy atom. The van der Waals surface area contributed by atoms with Gasteiger partial charge in [-0.2, -0.15) is 18.3 Å². The molecule has 3 amide bonds. The maximum atomic E-state index is 12.0. The molecule has 1 aromatic rings. The van der Waals surface area contributed by atoms with Crippen molar-refractivity contribution in [3.05, 3.63) is 12.3 Å². The highest BCUT2D eigenvalue weighted by Crippen LogP contribution is 2.16.